The van der Waals surface area contributed by atoms with Gasteiger partial charge in [-0.1, -0.05) is 6.07 Å². The Morgan fingerprint density at radius 2 is 2.13 bits per heavy atom. The largest absolute Gasteiger partial charge is 0.416 e. The van der Waals surface area contributed by atoms with Crippen LogP contribution in [0.5, 0.6) is 0 Å². The van der Waals surface area contributed by atoms with E-state index in [-0.39, 0.29) is 5.69 Å². The van der Waals surface area contributed by atoms with Gasteiger partial charge >= 0.3 is 12.2 Å². The topological polar surface area (TPSA) is 59.0 Å². The molecule has 0 aliphatic rings. The lowest BCUT2D eigenvalue weighted by atomic mass is 10.2. The summed E-state index contributed by atoms with van der Waals surface area (Å²) >= 11 is 0. The number of hydrogen-bond donors (Lipinski definition) is 2. The molecule has 23 heavy (non-hydrogen) atoms. The molecule has 1 aromatic carbocycles. The Morgan fingerprint density at radius 1 is 1.35 bits per heavy atom. The summed E-state index contributed by atoms with van der Waals surface area (Å²) in [5, 5.41) is 9.09. The molecular weight excluding hydrogens is 309 g/mol. The highest BCUT2D eigenvalue weighted by Gasteiger charge is 2.30. The Hall–Kier alpha value is -2.51. The average molecular weight is 326 g/mol. The number of amides is 2. The number of alkyl halides is 3. The molecule has 2 rings (SSSR count). The molecule has 2 amide bonds. The maximum absolute atomic E-state index is 12.6. The first-order chi connectivity index (χ1) is 10.8. The molecule has 0 aliphatic heterocycles. The lowest BCUT2D eigenvalue weighted by Crippen LogP contribution is -2.30. The molecule has 0 fully saturated rings. The predicted molar refractivity (Wildman–Crippen MR) is 80.0 cm³/mol. The minimum absolute atomic E-state index is 0.0972. The van der Waals surface area contributed by atoms with Crippen LogP contribution < -0.4 is 10.6 Å². The summed E-state index contributed by atoms with van der Waals surface area (Å²) in [5.74, 6) is 0. The number of rotatable bonds is 5. The molecule has 124 valence electrons. The third-order valence-electron chi connectivity index (χ3n) is 3.06. The first kappa shape index (κ1) is 16.9. The second-order valence-corrected chi connectivity index (χ2v) is 5.09. The second-order valence-electron chi connectivity index (χ2n) is 5.09. The van der Waals surface area contributed by atoms with E-state index in [1.165, 1.54) is 12.1 Å². The third kappa shape index (κ3) is 5.32. The van der Waals surface area contributed by atoms with E-state index in [0.29, 0.717) is 19.5 Å². The van der Waals surface area contributed by atoms with Crippen LogP contribution in [0.2, 0.25) is 0 Å². The number of aryl methyl sites for hydroxylation is 2. The average Bonchev–Trinajstić information content (AvgIpc) is 2.89. The summed E-state index contributed by atoms with van der Waals surface area (Å²) < 4.78 is 39.5. The number of halogens is 3. The molecule has 0 bridgehead atoms. The van der Waals surface area contributed by atoms with Crippen molar-refractivity contribution in [1.29, 1.82) is 0 Å². The molecule has 1 aromatic heterocycles. The summed E-state index contributed by atoms with van der Waals surface area (Å²) in [6, 6.07) is 3.96. The van der Waals surface area contributed by atoms with Crippen LogP contribution in [0.25, 0.3) is 0 Å². The van der Waals surface area contributed by atoms with Crippen molar-refractivity contribution in [2.45, 2.75) is 26.1 Å². The summed E-state index contributed by atoms with van der Waals surface area (Å²) in [6.07, 6.45) is -0.135. The van der Waals surface area contributed by atoms with Gasteiger partial charge in [0.25, 0.3) is 0 Å². The quantitative estimate of drug-likeness (QED) is 0.827. The predicted octanol–water partition coefficient (Wildman–Crippen LogP) is 3.42. The van der Waals surface area contributed by atoms with Gasteiger partial charge in [0.15, 0.2) is 0 Å². The van der Waals surface area contributed by atoms with E-state index in [1.807, 2.05) is 13.1 Å². The van der Waals surface area contributed by atoms with Crippen LogP contribution in [0.4, 0.5) is 23.7 Å². The number of nitrogens with one attached hydrogen (secondary N) is 2. The zero-order valence-corrected chi connectivity index (χ0v) is 12.5. The van der Waals surface area contributed by atoms with Gasteiger partial charge in [0.1, 0.15) is 0 Å². The Labute approximate surface area is 131 Å². The lowest BCUT2D eigenvalue weighted by molar-refractivity contribution is -0.137. The molecule has 2 aromatic rings. The van der Waals surface area contributed by atoms with Crippen molar-refractivity contribution in [1.82, 2.24) is 15.1 Å². The monoisotopic (exact) mass is 326 g/mol. The van der Waals surface area contributed by atoms with E-state index in [2.05, 4.69) is 15.7 Å². The van der Waals surface area contributed by atoms with Crippen molar-refractivity contribution in [2.75, 3.05) is 11.9 Å². The van der Waals surface area contributed by atoms with Crippen LogP contribution in [0.15, 0.2) is 36.7 Å². The van der Waals surface area contributed by atoms with E-state index < -0.39 is 17.8 Å². The maximum Gasteiger partial charge on any atom is 0.416 e. The van der Waals surface area contributed by atoms with Gasteiger partial charge in [-0.15, -0.1) is 0 Å². The fraction of sp³-hybridized carbons (Fsp3) is 0.333. The zero-order chi connectivity index (χ0) is 16.9. The van der Waals surface area contributed by atoms with Gasteiger partial charge < -0.3 is 10.6 Å². The SMILES string of the molecule is Cc1cnn(CCCNC(=O)Nc2cccc(C(F)(F)F)c2)c1. The highest BCUT2D eigenvalue weighted by molar-refractivity contribution is 5.89. The Bertz CT molecular complexity index is 667. The standard InChI is InChI=1S/C15H17F3N4O/c1-11-9-20-22(10-11)7-3-6-19-14(23)21-13-5-2-4-12(8-13)15(16,17)18/h2,4-5,8-10H,3,6-7H2,1H3,(H2,19,21,23). The molecule has 0 saturated heterocycles. The minimum atomic E-state index is -4.43. The second kappa shape index (κ2) is 7.17. The number of nitrogens with zero attached hydrogens (tertiary/aromatic N) is 2. The molecule has 2 N–H and O–H groups in total. The first-order valence-corrected chi connectivity index (χ1v) is 7.06. The molecule has 1 heterocycles. The van der Waals surface area contributed by atoms with E-state index in [0.717, 1.165) is 17.7 Å². The smallest absolute Gasteiger partial charge is 0.338 e. The summed E-state index contributed by atoms with van der Waals surface area (Å²) in [6.45, 7) is 2.98. The number of carbonyl (C=O) groups excluding carboxylic acids is 1. The van der Waals surface area contributed by atoms with Crippen LogP contribution in [0.1, 0.15) is 17.5 Å². The number of benzene rings is 1. The van der Waals surface area contributed by atoms with Crippen LogP contribution in [0, 0.1) is 6.92 Å². The molecule has 0 spiro atoms. The molecule has 0 radical (unpaired) electrons. The molecular formula is C15H17F3N4O. The zero-order valence-electron chi connectivity index (χ0n) is 12.5. The molecule has 0 atom stereocenters. The van der Waals surface area contributed by atoms with Crippen molar-refractivity contribution in [3.63, 3.8) is 0 Å². The highest BCUT2D eigenvalue weighted by atomic mass is 19.4. The van der Waals surface area contributed by atoms with Gasteiger partial charge in [0, 0.05) is 25.0 Å². The van der Waals surface area contributed by atoms with Crippen LogP contribution in [-0.2, 0) is 12.7 Å². The Morgan fingerprint density at radius 3 is 2.78 bits per heavy atom. The summed E-state index contributed by atoms with van der Waals surface area (Å²) in [4.78, 5) is 11.7. The molecule has 0 aliphatic carbocycles. The van der Waals surface area contributed by atoms with Crippen LogP contribution in [0.3, 0.4) is 0 Å². The lowest BCUT2D eigenvalue weighted by Gasteiger charge is -2.10. The van der Waals surface area contributed by atoms with Gasteiger partial charge in [-0.25, -0.2) is 4.79 Å². The molecule has 5 nitrogen and oxygen atoms in total. The van der Waals surface area contributed by atoms with Crippen molar-refractivity contribution in [3.8, 4) is 0 Å². The minimum Gasteiger partial charge on any atom is -0.338 e. The number of aromatic nitrogens is 2. The third-order valence-corrected chi connectivity index (χ3v) is 3.06. The van der Waals surface area contributed by atoms with Gasteiger partial charge in [0.2, 0.25) is 0 Å². The van der Waals surface area contributed by atoms with Crippen molar-refractivity contribution >= 4 is 11.7 Å². The maximum atomic E-state index is 12.6. The van der Waals surface area contributed by atoms with Gasteiger partial charge in [-0.3, -0.25) is 4.68 Å². The first-order valence-electron chi connectivity index (χ1n) is 7.06. The van der Waals surface area contributed by atoms with Gasteiger partial charge in [0.05, 0.1) is 11.8 Å². The Balaban J connectivity index is 1.76. The normalized spacial score (nSPS) is 11.3. The van der Waals surface area contributed by atoms with E-state index >= 15 is 0 Å². The number of carbonyl (C=O) groups is 1. The molecule has 0 unspecified atom stereocenters. The van der Waals surface area contributed by atoms with Gasteiger partial charge in [-0.05, 0) is 37.1 Å². The fourth-order valence-corrected chi connectivity index (χ4v) is 1.98. The van der Waals surface area contributed by atoms with E-state index in [1.54, 1.807) is 10.9 Å². The molecule has 8 heteroatoms. The van der Waals surface area contributed by atoms with Crippen molar-refractivity contribution < 1.29 is 18.0 Å². The van der Waals surface area contributed by atoms with Crippen LogP contribution >= 0.6 is 0 Å². The van der Waals surface area contributed by atoms with Crippen LogP contribution in [-0.4, -0.2) is 22.4 Å². The van der Waals surface area contributed by atoms with E-state index in [9.17, 15) is 18.0 Å². The molecule has 0 saturated carbocycles. The Kier molecular flexibility index (Phi) is 5.25. The van der Waals surface area contributed by atoms with Gasteiger partial charge in [-0.2, -0.15) is 18.3 Å². The van der Waals surface area contributed by atoms with Crippen molar-refractivity contribution in [3.05, 3.63) is 47.8 Å². The highest BCUT2D eigenvalue weighted by Crippen LogP contribution is 2.30. The number of hydrogen-bond acceptors (Lipinski definition) is 2. The number of anilines is 1. The summed E-state index contributed by atoms with van der Waals surface area (Å²) in [5.41, 5.74) is 0.352. The number of urea groups is 1. The van der Waals surface area contributed by atoms with E-state index in [4.69, 9.17) is 0 Å². The summed E-state index contributed by atoms with van der Waals surface area (Å²) in [7, 11) is 0. The van der Waals surface area contributed by atoms with Crippen molar-refractivity contribution in [2.24, 2.45) is 0 Å². The fourth-order valence-electron chi connectivity index (χ4n) is 1.98.